The lowest BCUT2D eigenvalue weighted by Gasteiger charge is -2.10. The molecule has 3 nitrogen and oxygen atoms in total. The van der Waals surface area contributed by atoms with Crippen LogP contribution >= 0.6 is 27.5 Å². The average Bonchev–Trinajstić information content (AvgIpc) is 2.63. The van der Waals surface area contributed by atoms with E-state index >= 15 is 0 Å². The highest BCUT2D eigenvalue weighted by Crippen LogP contribution is 2.24. The molecule has 1 aromatic carbocycles. The maximum atomic E-state index is 6.06. The predicted octanol–water partition coefficient (Wildman–Crippen LogP) is 3.55. The lowest BCUT2D eigenvalue weighted by atomic mass is 10.2. The first-order valence-electron chi connectivity index (χ1n) is 4.99. The second-order valence-electron chi connectivity index (χ2n) is 3.51. The Kier molecular flexibility index (Phi) is 3.30. The van der Waals surface area contributed by atoms with Gasteiger partial charge in [-0.3, -0.25) is 4.57 Å². The summed E-state index contributed by atoms with van der Waals surface area (Å²) in [5, 5.41) is 8.35. The molecule has 2 rings (SSSR count). The van der Waals surface area contributed by atoms with Crippen molar-refractivity contribution in [1.29, 1.82) is 0 Å². The molecular formula is C11H11BrClN3. The van der Waals surface area contributed by atoms with E-state index in [9.17, 15) is 0 Å². The molecule has 0 aliphatic rings. The Labute approximate surface area is 108 Å². The Hall–Kier alpha value is -0.870. The third-order valence-electron chi connectivity index (χ3n) is 2.42. The molecule has 0 saturated heterocycles. The van der Waals surface area contributed by atoms with Crippen LogP contribution in [0.25, 0.3) is 5.69 Å². The molecule has 2 aromatic rings. The summed E-state index contributed by atoms with van der Waals surface area (Å²) >= 11 is 9.51. The van der Waals surface area contributed by atoms with Gasteiger partial charge in [0, 0.05) is 10.9 Å². The normalized spacial score (nSPS) is 10.8. The molecule has 0 unspecified atom stereocenters. The van der Waals surface area contributed by atoms with Crippen LogP contribution in [0.5, 0.6) is 0 Å². The summed E-state index contributed by atoms with van der Waals surface area (Å²) in [4.78, 5) is 0. The van der Waals surface area contributed by atoms with Crippen LogP contribution in [0.4, 0.5) is 0 Å². The molecule has 1 aromatic heterocycles. The third kappa shape index (κ3) is 1.99. The molecule has 0 amide bonds. The zero-order chi connectivity index (χ0) is 11.7. The van der Waals surface area contributed by atoms with Gasteiger partial charge in [0.15, 0.2) is 0 Å². The fraction of sp³-hybridized carbons (Fsp3) is 0.273. The molecule has 0 spiro atoms. The van der Waals surface area contributed by atoms with Gasteiger partial charge in [-0.25, -0.2) is 0 Å². The number of nitrogens with zero attached hydrogens (tertiary/aromatic N) is 3. The van der Waals surface area contributed by atoms with Crippen LogP contribution < -0.4 is 0 Å². The van der Waals surface area contributed by atoms with Crippen molar-refractivity contribution >= 4 is 27.5 Å². The second-order valence-corrected chi connectivity index (χ2v) is 4.76. The van der Waals surface area contributed by atoms with Crippen molar-refractivity contribution in [2.75, 3.05) is 0 Å². The number of hydrogen-bond donors (Lipinski definition) is 0. The largest absolute Gasteiger partial charge is 0.269 e. The van der Waals surface area contributed by atoms with E-state index in [-0.39, 0.29) is 0 Å². The Morgan fingerprint density at radius 2 is 2.12 bits per heavy atom. The van der Waals surface area contributed by atoms with E-state index in [1.807, 2.05) is 36.6 Å². The topological polar surface area (TPSA) is 30.7 Å². The molecule has 0 N–H and O–H groups in total. The van der Waals surface area contributed by atoms with E-state index in [1.165, 1.54) is 0 Å². The number of halogens is 2. The third-order valence-corrected chi connectivity index (χ3v) is 3.16. The second kappa shape index (κ2) is 4.55. The van der Waals surface area contributed by atoms with E-state index in [0.29, 0.717) is 5.28 Å². The Balaban J connectivity index is 2.66. The fourth-order valence-electron chi connectivity index (χ4n) is 1.59. The van der Waals surface area contributed by atoms with Gasteiger partial charge in [0.25, 0.3) is 0 Å². The first-order valence-corrected chi connectivity index (χ1v) is 6.17. The van der Waals surface area contributed by atoms with Crippen molar-refractivity contribution < 1.29 is 0 Å². The van der Waals surface area contributed by atoms with Crippen LogP contribution in [0.1, 0.15) is 18.3 Å². The van der Waals surface area contributed by atoms with Crippen LogP contribution in [0.3, 0.4) is 0 Å². The maximum absolute atomic E-state index is 6.06. The molecule has 0 radical (unpaired) electrons. The van der Waals surface area contributed by atoms with Crippen LogP contribution in [0.15, 0.2) is 22.7 Å². The van der Waals surface area contributed by atoms with Crippen molar-refractivity contribution in [1.82, 2.24) is 14.8 Å². The standard InChI is InChI=1S/C11H11BrClN3/c1-3-10-14-15-11(13)16(10)9-6-8(12)5-4-7(9)2/h4-6H,3H2,1-2H3. The van der Waals surface area contributed by atoms with Crippen molar-refractivity contribution in [3.8, 4) is 5.69 Å². The highest BCUT2D eigenvalue weighted by Gasteiger charge is 2.12. The van der Waals surface area contributed by atoms with Gasteiger partial charge in [0.2, 0.25) is 5.28 Å². The van der Waals surface area contributed by atoms with Gasteiger partial charge in [-0.05, 0) is 36.2 Å². The smallest absolute Gasteiger partial charge is 0.229 e. The summed E-state index contributed by atoms with van der Waals surface area (Å²) in [7, 11) is 0. The molecule has 0 aliphatic heterocycles. The molecule has 0 bridgehead atoms. The molecule has 0 saturated carbocycles. The number of hydrogen-bond acceptors (Lipinski definition) is 2. The van der Waals surface area contributed by atoms with Gasteiger partial charge in [0.05, 0.1) is 5.69 Å². The molecule has 84 valence electrons. The van der Waals surface area contributed by atoms with Gasteiger partial charge in [-0.2, -0.15) is 0 Å². The van der Waals surface area contributed by atoms with E-state index in [4.69, 9.17) is 11.6 Å². The molecule has 0 atom stereocenters. The van der Waals surface area contributed by atoms with Crippen molar-refractivity contribution in [3.63, 3.8) is 0 Å². The van der Waals surface area contributed by atoms with Crippen molar-refractivity contribution in [3.05, 3.63) is 39.3 Å². The minimum atomic E-state index is 0.401. The van der Waals surface area contributed by atoms with E-state index in [0.717, 1.165) is 28.0 Å². The average molecular weight is 301 g/mol. The monoisotopic (exact) mass is 299 g/mol. The number of aromatic nitrogens is 3. The summed E-state index contributed by atoms with van der Waals surface area (Å²) in [6, 6.07) is 6.06. The number of benzene rings is 1. The Morgan fingerprint density at radius 1 is 1.38 bits per heavy atom. The summed E-state index contributed by atoms with van der Waals surface area (Å²) < 4.78 is 2.89. The zero-order valence-electron chi connectivity index (χ0n) is 9.04. The van der Waals surface area contributed by atoms with Gasteiger partial charge < -0.3 is 0 Å². The van der Waals surface area contributed by atoms with Crippen molar-refractivity contribution in [2.24, 2.45) is 0 Å². The molecule has 16 heavy (non-hydrogen) atoms. The number of aryl methyl sites for hydroxylation is 2. The van der Waals surface area contributed by atoms with Crippen LogP contribution in [0.2, 0.25) is 5.28 Å². The van der Waals surface area contributed by atoms with E-state index in [1.54, 1.807) is 0 Å². The molecular weight excluding hydrogens is 289 g/mol. The zero-order valence-corrected chi connectivity index (χ0v) is 11.4. The predicted molar refractivity (Wildman–Crippen MR) is 68.2 cm³/mol. The Bertz CT molecular complexity index is 522. The number of rotatable bonds is 2. The lowest BCUT2D eigenvalue weighted by molar-refractivity contribution is 0.878. The molecule has 5 heteroatoms. The van der Waals surface area contributed by atoms with E-state index in [2.05, 4.69) is 26.1 Å². The highest BCUT2D eigenvalue weighted by atomic mass is 79.9. The van der Waals surface area contributed by atoms with E-state index < -0.39 is 0 Å². The van der Waals surface area contributed by atoms with Gasteiger partial charge in [-0.15, -0.1) is 10.2 Å². The highest BCUT2D eigenvalue weighted by molar-refractivity contribution is 9.10. The fourth-order valence-corrected chi connectivity index (χ4v) is 2.16. The SMILES string of the molecule is CCc1nnc(Cl)n1-c1cc(Br)ccc1C. The Morgan fingerprint density at radius 3 is 2.81 bits per heavy atom. The van der Waals surface area contributed by atoms with Crippen molar-refractivity contribution in [2.45, 2.75) is 20.3 Å². The quantitative estimate of drug-likeness (QED) is 0.849. The van der Waals surface area contributed by atoms with Crippen LogP contribution in [0, 0.1) is 6.92 Å². The van der Waals surface area contributed by atoms with Crippen LogP contribution in [-0.4, -0.2) is 14.8 Å². The first-order chi connectivity index (χ1) is 7.63. The minimum Gasteiger partial charge on any atom is -0.269 e. The summed E-state index contributed by atoms with van der Waals surface area (Å²) in [5.41, 5.74) is 2.15. The first kappa shape index (κ1) is 11.6. The molecule has 1 heterocycles. The summed E-state index contributed by atoms with van der Waals surface area (Å²) in [6.45, 7) is 4.07. The van der Waals surface area contributed by atoms with Gasteiger partial charge >= 0.3 is 0 Å². The minimum absolute atomic E-state index is 0.401. The van der Waals surface area contributed by atoms with Gasteiger partial charge in [-0.1, -0.05) is 28.9 Å². The van der Waals surface area contributed by atoms with Crippen LogP contribution in [-0.2, 0) is 6.42 Å². The maximum Gasteiger partial charge on any atom is 0.229 e. The summed E-state index contributed by atoms with van der Waals surface area (Å²) in [5.74, 6) is 0.867. The summed E-state index contributed by atoms with van der Waals surface area (Å²) in [6.07, 6.45) is 0.797. The molecule has 0 fully saturated rings. The lowest BCUT2D eigenvalue weighted by Crippen LogP contribution is -2.02. The van der Waals surface area contributed by atoms with Gasteiger partial charge in [0.1, 0.15) is 5.82 Å². The molecule has 0 aliphatic carbocycles.